The molecule has 0 spiro atoms. The van der Waals surface area contributed by atoms with Crippen LogP contribution in [0.25, 0.3) is 6.08 Å². The zero-order valence-corrected chi connectivity index (χ0v) is 9.95. The number of ether oxygens (including phenoxy) is 1. The molecule has 1 aromatic carbocycles. The molecule has 0 aliphatic carbocycles. The van der Waals surface area contributed by atoms with E-state index in [9.17, 15) is 0 Å². The Labute approximate surface area is 110 Å². The highest BCUT2D eigenvalue weighted by Gasteiger charge is 1.99. The van der Waals surface area contributed by atoms with Gasteiger partial charge in [0.25, 0.3) is 0 Å². The van der Waals surface area contributed by atoms with Crippen molar-refractivity contribution in [3.8, 4) is 23.8 Å². The highest BCUT2D eigenvalue weighted by Crippen LogP contribution is 2.21. The van der Waals surface area contributed by atoms with Gasteiger partial charge in [-0.1, -0.05) is 18.2 Å². The minimum Gasteiger partial charge on any atom is -0.439 e. The average Bonchev–Trinajstić information content (AvgIpc) is 2.46. The summed E-state index contributed by atoms with van der Waals surface area (Å²) in [6, 6.07) is 16.1. The molecular weight excluding hydrogens is 238 g/mol. The van der Waals surface area contributed by atoms with E-state index in [1.165, 1.54) is 6.08 Å². The summed E-state index contributed by atoms with van der Waals surface area (Å²) in [5.41, 5.74) is 0.779. The quantitative estimate of drug-likeness (QED) is 0.780. The summed E-state index contributed by atoms with van der Waals surface area (Å²) >= 11 is 0. The molecule has 4 nitrogen and oxygen atoms in total. The van der Waals surface area contributed by atoms with Gasteiger partial charge in [-0.2, -0.15) is 10.5 Å². The highest BCUT2D eigenvalue weighted by atomic mass is 16.5. The molecular formula is C15H9N3O. The molecule has 2 rings (SSSR count). The van der Waals surface area contributed by atoms with Gasteiger partial charge in [-0.15, -0.1) is 0 Å². The minimum absolute atomic E-state index is 0.0509. The summed E-state index contributed by atoms with van der Waals surface area (Å²) in [4.78, 5) is 4.05. The van der Waals surface area contributed by atoms with Crippen LogP contribution in [0.3, 0.4) is 0 Å². The van der Waals surface area contributed by atoms with Gasteiger partial charge < -0.3 is 4.74 Å². The Balaban J connectivity index is 2.24. The van der Waals surface area contributed by atoms with Crippen LogP contribution in [0.15, 0.2) is 54.2 Å². The van der Waals surface area contributed by atoms with Crippen LogP contribution in [0.2, 0.25) is 0 Å². The van der Waals surface area contributed by atoms with E-state index in [-0.39, 0.29) is 5.57 Å². The zero-order valence-electron chi connectivity index (χ0n) is 9.95. The SMILES string of the molecule is N#CC(C#N)=Cc1cccc(Oc2ccccn2)c1. The minimum atomic E-state index is 0.0509. The number of hydrogen-bond donors (Lipinski definition) is 0. The molecule has 0 radical (unpaired) electrons. The Kier molecular flexibility index (Phi) is 3.90. The molecule has 0 saturated carbocycles. The lowest BCUT2D eigenvalue weighted by Gasteiger charge is -2.04. The van der Waals surface area contributed by atoms with Crippen molar-refractivity contribution in [2.24, 2.45) is 0 Å². The van der Waals surface area contributed by atoms with Gasteiger partial charge in [0.05, 0.1) is 0 Å². The van der Waals surface area contributed by atoms with Gasteiger partial charge in [-0.3, -0.25) is 0 Å². The van der Waals surface area contributed by atoms with Gasteiger partial charge in [0.15, 0.2) is 0 Å². The normalized spacial score (nSPS) is 8.95. The third-order valence-electron chi connectivity index (χ3n) is 2.27. The second-order valence-corrected chi connectivity index (χ2v) is 3.62. The number of aromatic nitrogens is 1. The molecule has 0 unspecified atom stereocenters. The topological polar surface area (TPSA) is 69.7 Å². The van der Waals surface area contributed by atoms with Crippen molar-refractivity contribution in [1.29, 1.82) is 10.5 Å². The van der Waals surface area contributed by atoms with Gasteiger partial charge in [-0.05, 0) is 29.8 Å². The fourth-order valence-electron chi connectivity index (χ4n) is 1.45. The van der Waals surface area contributed by atoms with E-state index >= 15 is 0 Å². The van der Waals surface area contributed by atoms with Crippen molar-refractivity contribution in [3.05, 3.63) is 59.8 Å². The number of benzene rings is 1. The Morgan fingerprint density at radius 3 is 2.63 bits per heavy atom. The van der Waals surface area contributed by atoms with E-state index in [2.05, 4.69) is 4.98 Å². The highest BCUT2D eigenvalue weighted by molar-refractivity contribution is 5.62. The molecule has 1 heterocycles. The Bertz CT molecular complexity index is 663. The molecule has 0 saturated heterocycles. The van der Waals surface area contributed by atoms with E-state index in [0.717, 1.165) is 5.56 Å². The summed E-state index contributed by atoms with van der Waals surface area (Å²) in [6.45, 7) is 0. The molecule has 0 aliphatic rings. The Hall–Kier alpha value is -3.11. The smallest absolute Gasteiger partial charge is 0.219 e. The predicted molar refractivity (Wildman–Crippen MR) is 70.0 cm³/mol. The maximum atomic E-state index is 8.71. The molecule has 2 aromatic rings. The van der Waals surface area contributed by atoms with Crippen LogP contribution in [0.5, 0.6) is 11.6 Å². The van der Waals surface area contributed by atoms with E-state index in [1.807, 2.05) is 18.2 Å². The number of allylic oxidation sites excluding steroid dienone is 1. The first-order valence-corrected chi connectivity index (χ1v) is 5.52. The van der Waals surface area contributed by atoms with Crippen LogP contribution < -0.4 is 4.74 Å². The summed E-state index contributed by atoms with van der Waals surface area (Å²) in [6.07, 6.45) is 3.15. The van der Waals surface area contributed by atoms with Gasteiger partial charge in [-0.25, -0.2) is 4.98 Å². The fourth-order valence-corrected chi connectivity index (χ4v) is 1.45. The van der Waals surface area contributed by atoms with E-state index < -0.39 is 0 Å². The first-order valence-electron chi connectivity index (χ1n) is 5.52. The second kappa shape index (κ2) is 6.00. The average molecular weight is 247 g/mol. The van der Waals surface area contributed by atoms with Crippen molar-refractivity contribution in [2.45, 2.75) is 0 Å². The Morgan fingerprint density at radius 2 is 1.95 bits per heavy atom. The van der Waals surface area contributed by atoms with Crippen LogP contribution in [0, 0.1) is 22.7 Å². The zero-order chi connectivity index (χ0) is 13.5. The second-order valence-electron chi connectivity index (χ2n) is 3.62. The van der Waals surface area contributed by atoms with Crippen LogP contribution >= 0.6 is 0 Å². The predicted octanol–water partition coefficient (Wildman–Crippen LogP) is 3.30. The maximum absolute atomic E-state index is 8.71. The fraction of sp³-hybridized carbons (Fsp3) is 0. The van der Waals surface area contributed by atoms with Gasteiger partial charge in [0, 0.05) is 12.3 Å². The molecule has 90 valence electrons. The first kappa shape index (κ1) is 12.3. The first-order chi connectivity index (χ1) is 9.31. The van der Waals surface area contributed by atoms with Gasteiger partial charge in [0.1, 0.15) is 23.5 Å². The summed E-state index contributed by atoms with van der Waals surface area (Å²) in [5, 5.41) is 17.4. The number of pyridine rings is 1. The summed E-state index contributed by atoms with van der Waals surface area (Å²) in [7, 11) is 0. The number of nitrogens with zero attached hydrogens (tertiary/aromatic N) is 3. The lowest BCUT2D eigenvalue weighted by Crippen LogP contribution is -1.87. The molecule has 0 fully saturated rings. The molecule has 19 heavy (non-hydrogen) atoms. The van der Waals surface area contributed by atoms with Crippen LogP contribution in [0.4, 0.5) is 0 Å². The standard InChI is InChI=1S/C15H9N3O/c16-10-13(11-17)8-12-4-3-5-14(9-12)19-15-6-1-2-7-18-15/h1-9H. The van der Waals surface area contributed by atoms with Crippen LogP contribution in [-0.4, -0.2) is 4.98 Å². The number of rotatable bonds is 3. The number of nitriles is 2. The molecule has 4 heteroatoms. The third-order valence-corrected chi connectivity index (χ3v) is 2.27. The van der Waals surface area contributed by atoms with Crippen LogP contribution in [0.1, 0.15) is 5.56 Å². The van der Waals surface area contributed by atoms with Crippen molar-refractivity contribution in [1.82, 2.24) is 4.98 Å². The lowest BCUT2D eigenvalue weighted by atomic mass is 10.1. The molecule has 0 bridgehead atoms. The third kappa shape index (κ3) is 3.42. The van der Waals surface area contributed by atoms with E-state index in [4.69, 9.17) is 15.3 Å². The van der Waals surface area contributed by atoms with Crippen molar-refractivity contribution in [2.75, 3.05) is 0 Å². The van der Waals surface area contributed by atoms with Crippen molar-refractivity contribution >= 4 is 6.08 Å². The van der Waals surface area contributed by atoms with Gasteiger partial charge in [0.2, 0.25) is 5.88 Å². The molecule has 0 amide bonds. The van der Waals surface area contributed by atoms with Gasteiger partial charge >= 0.3 is 0 Å². The monoisotopic (exact) mass is 247 g/mol. The largest absolute Gasteiger partial charge is 0.439 e. The van der Waals surface area contributed by atoms with E-state index in [1.54, 1.807) is 42.6 Å². The summed E-state index contributed by atoms with van der Waals surface area (Å²) in [5.74, 6) is 1.09. The molecule has 1 aromatic heterocycles. The summed E-state index contributed by atoms with van der Waals surface area (Å²) < 4.78 is 5.56. The lowest BCUT2D eigenvalue weighted by molar-refractivity contribution is 0.463. The number of hydrogen-bond acceptors (Lipinski definition) is 4. The maximum Gasteiger partial charge on any atom is 0.219 e. The Morgan fingerprint density at radius 1 is 1.11 bits per heavy atom. The molecule has 0 atom stereocenters. The van der Waals surface area contributed by atoms with E-state index in [0.29, 0.717) is 11.6 Å². The van der Waals surface area contributed by atoms with Crippen molar-refractivity contribution < 1.29 is 4.74 Å². The van der Waals surface area contributed by atoms with Crippen LogP contribution in [-0.2, 0) is 0 Å². The van der Waals surface area contributed by atoms with Crippen molar-refractivity contribution in [3.63, 3.8) is 0 Å². The molecule has 0 aliphatic heterocycles. The molecule has 0 N–H and O–H groups in total.